The summed E-state index contributed by atoms with van der Waals surface area (Å²) >= 11 is 6.42. The molecule has 0 aliphatic heterocycles. The lowest BCUT2D eigenvalue weighted by Gasteiger charge is -2.11. The fourth-order valence-corrected chi connectivity index (χ4v) is 4.73. The van der Waals surface area contributed by atoms with Crippen molar-refractivity contribution in [3.63, 3.8) is 0 Å². The van der Waals surface area contributed by atoms with E-state index in [1.165, 1.54) is 38.3 Å². The molecule has 0 aliphatic rings. The van der Waals surface area contributed by atoms with Gasteiger partial charge in [0.25, 0.3) is 0 Å². The van der Waals surface area contributed by atoms with E-state index >= 15 is 0 Å². The summed E-state index contributed by atoms with van der Waals surface area (Å²) in [5, 5.41) is 5.61. The van der Waals surface area contributed by atoms with Crippen molar-refractivity contribution >= 4 is 44.2 Å². The van der Waals surface area contributed by atoms with E-state index in [4.69, 9.17) is 11.6 Å². The first-order valence-electron chi connectivity index (χ1n) is 10.1. The van der Waals surface area contributed by atoms with Crippen molar-refractivity contribution in [1.82, 2.24) is 4.57 Å². The summed E-state index contributed by atoms with van der Waals surface area (Å²) < 4.78 is 2.34. The fraction of sp³-hybridized carbons (Fsp3) is 0. The molecule has 0 aliphatic carbocycles. The van der Waals surface area contributed by atoms with Gasteiger partial charge >= 0.3 is 0 Å². The average molecular weight is 404 g/mol. The van der Waals surface area contributed by atoms with Crippen LogP contribution in [0.1, 0.15) is 0 Å². The van der Waals surface area contributed by atoms with Crippen LogP contribution in [0.4, 0.5) is 0 Å². The molecule has 1 aromatic heterocycles. The maximum absolute atomic E-state index is 6.42. The Morgan fingerprint density at radius 2 is 1.00 bits per heavy atom. The molecule has 0 unspecified atom stereocenters. The molecule has 0 saturated carbocycles. The number of aromatic nitrogens is 1. The average Bonchev–Trinajstić information content (AvgIpc) is 3.14. The van der Waals surface area contributed by atoms with Gasteiger partial charge < -0.3 is 4.57 Å². The molecule has 0 N–H and O–H groups in total. The highest BCUT2D eigenvalue weighted by Gasteiger charge is 2.12. The number of fused-ring (bicyclic) bond motifs is 4. The lowest BCUT2D eigenvalue weighted by Crippen LogP contribution is -1.93. The first-order valence-corrected chi connectivity index (χ1v) is 10.5. The van der Waals surface area contributed by atoms with Crippen LogP contribution in [0.2, 0.25) is 5.02 Å². The van der Waals surface area contributed by atoms with Crippen LogP contribution in [0.25, 0.3) is 49.4 Å². The third-order valence-electron chi connectivity index (χ3n) is 5.89. The molecule has 1 nitrogen and oxygen atoms in total. The molecule has 30 heavy (non-hydrogen) atoms. The van der Waals surface area contributed by atoms with Crippen molar-refractivity contribution in [2.75, 3.05) is 0 Å². The number of halogens is 1. The molecule has 0 bridgehead atoms. The number of benzene rings is 5. The molecule has 0 amide bonds. The number of nitrogens with zero attached hydrogens (tertiary/aromatic N) is 1. The van der Waals surface area contributed by atoms with Crippen molar-refractivity contribution < 1.29 is 0 Å². The van der Waals surface area contributed by atoms with E-state index in [-0.39, 0.29) is 0 Å². The molecule has 2 heteroatoms. The normalized spacial score (nSPS) is 11.5. The molecule has 6 aromatic rings. The second-order valence-electron chi connectivity index (χ2n) is 7.56. The topological polar surface area (TPSA) is 4.93 Å². The molecule has 6 rings (SSSR count). The lowest BCUT2D eigenvalue weighted by atomic mass is 9.98. The van der Waals surface area contributed by atoms with Gasteiger partial charge in [-0.2, -0.15) is 0 Å². The van der Waals surface area contributed by atoms with Gasteiger partial charge in [0.15, 0.2) is 0 Å². The molecule has 0 radical (unpaired) electrons. The van der Waals surface area contributed by atoms with Crippen molar-refractivity contribution in [1.29, 1.82) is 0 Å². The van der Waals surface area contributed by atoms with Gasteiger partial charge in [-0.1, -0.05) is 90.5 Å². The summed E-state index contributed by atoms with van der Waals surface area (Å²) in [7, 11) is 0. The van der Waals surface area contributed by atoms with E-state index in [1.807, 2.05) is 12.1 Å². The molecule has 142 valence electrons. The van der Waals surface area contributed by atoms with Gasteiger partial charge in [0.05, 0.1) is 11.0 Å². The Bertz CT molecular complexity index is 1490. The van der Waals surface area contributed by atoms with Crippen LogP contribution in [0.15, 0.2) is 109 Å². The first-order chi connectivity index (χ1) is 14.8. The van der Waals surface area contributed by atoms with Gasteiger partial charge in [-0.15, -0.1) is 0 Å². The third-order valence-corrected chi connectivity index (χ3v) is 6.22. The van der Waals surface area contributed by atoms with Gasteiger partial charge in [-0.05, 0) is 46.8 Å². The summed E-state index contributed by atoms with van der Waals surface area (Å²) in [4.78, 5) is 0. The second-order valence-corrected chi connectivity index (χ2v) is 7.96. The van der Waals surface area contributed by atoms with Gasteiger partial charge in [-0.25, -0.2) is 0 Å². The van der Waals surface area contributed by atoms with Crippen LogP contribution in [0, 0.1) is 0 Å². The first kappa shape index (κ1) is 17.3. The maximum Gasteiger partial charge on any atom is 0.0541 e. The standard InChI is InChI=1S/C28H18ClN/c29-26-18-17-21(22-7-1-2-8-23(22)26)19-13-15-20(16-14-19)30-27-11-5-3-9-24(27)25-10-4-6-12-28(25)30/h1-18H. The van der Waals surface area contributed by atoms with Crippen LogP contribution >= 0.6 is 11.6 Å². The quantitative estimate of drug-likeness (QED) is 0.274. The maximum atomic E-state index is 6.42. The highest BCUT2D eigenvalue weighted by Crippen LogP contribution is 2.35. The number of para-hydroxylation sites is 2. The summed E-state index contributed by atoms with van der Waals surface area (Å²) in [6.07, 6.45) is 0. The Kier molecular flexibility index (Phi) is 3.90. The van der Waals surface area contributed by atoms with Crippen molar-refractivity contribution in [2.45, 2.75) is 0 Å². The summed E-state index contributed by atoms with van der Waals surface area (Å²) in [5.74, 6) is 0. The Balaban J connectivity index is 1.55. The predicted molar refractivity (Wildman–Crippen MR) is 129 cm³/mol. The van der Waals surface area contributed by atoms with Gasteiger partial charge in [0.2, 0.25) is 0 Å². The molecule has 1 heterocycles. The van der Waals surface area contributed by atoms with Crippen LogP contribution in [-0.2, 0) is 0 Å². The van der Waals surface area contributed by atoms with Crippen LogP contribution in [0.5, 0.6) is 0 Å². The van der Waals surface area contributed by atoms with Crippen molar-refractivity contribution in [3.8, 4) is 16.8 Å². The zero-order valence-electron chi connectivity index (χ0n) is 16.2. The highest BCUT2D eigenvalue weighted by atomic mass is 35.5. The summed E-state index contributed by atoms with van der Waals surface area (Å²) in [6.45, 7) is 0. The third kappa shape index (κ3) is 2.56. The smallest absolute Gasteiger partial charge is 0.0541 e. The molecule has 5 aromatic carbocycles. The molecule has 0 atom stereocenters. The molecular weight excluding hydrogens is 386 g/mol. The Hall–Kier alpha value is -3.55. The van der Waals surface area contributed by atoms with Crippen LogP contribution < -0.4 is 0 Å². The van der Waals surface area contributed by atoms with E-state index in [9.17, 15) is 0 Å². The SMILES string of the molecule is Clc1ccc(-c2ccc(-n3c4ccccc4c4ccccc43)cc2)c2ccccc12. The molecule has 0 saturated heterocycles. The minimum atomic E-state index is 0.788. The van der Waals surface area contributed by atoms with E-state index < -0.39 is 0 Å². The van der Waals surface area contributed by atoms with E-state index in [1.54, 1.807) is 0 Å². The molecule has 0 fully saturated rings. The van der Waals surface area contributed by atoms with E-state index in [0.717, 1.165) is 16.1 Å². The summed E-state index contributed by atoms with van der Waals surface area (Å²) in [5.41, 5.74) is 6.00. The predicted octanol–water partition coefficient (Wildman–Crippen LogP) is 8.26. The number of hydrogen-bond acceptors (Lipinski definition) is 0. The minimum absolute atomic E-state index is 0.788. The Morgan fingerprint density at radius 1 is 0.467 bits per heavy atom. The molecule has 0 spiro atoms. The second kappa shape index (κ2) is 6.76. The fourth-order valence-electron chi connectivity index (χ4n) is 4.50. The highest BCUT2D eigenvalue weighted by molar-refractivity contribution is 6.36. The number of rotatable bonds is 2. The Morgan fingerprint density at radius 3 is 1.63 bits per heavy atom. The van der Waals surface area contributed by atoms with Gasteiger partial charge in [-0.3, -0.25) is 0 Å². The lowest BCUT2D eigenvalue weighted by molar-refractivity contribution is 1.18. The Labute approximate surface area is 179 Å². The zero-order valence-corrected chi connectivity index (χ0v) is 17.0. The monoisotopic (exact) mass is 403 g/mol. The molecular formula is C28H18ClN. The van der Waals surface area contributed by atoms with E-state index in [2.05, 4.69) is 102 Å². The number of hydrogen-bond donors (Lipinski definition) is 0. The van der Waals surface area contributed by atoms with Crippen LogP contribution in [-0.4, -0.2) is 4.57 Å². The summed E-state index contributed by atoms with van der Waals surface area (Å²) in [6, 6.07) is 38.4. The largest absolute Gasteiger partial charge is 0.309 e. The minimum Gasteiger partial charge on any atom is -0.309 e. The van der Waals surface area contributed by atoms with Crippen LogP contribution in [0.3, 0.4) is 0 Å². The van der Waals surface area contributed by atoms with Crippen molar-refractivity contribution in [2.24, 2.45) is 0 Å². The van der Waals surface area contributed by atoms with E-state index in [0.29, 0.717) is 0 Å². The van der Waals surface area contributed by atoms with Crippen molar-refractivity contribution in [3.05, 3.63) is 114 Å². The van der Waals surface area contributed by atoms with Gasteiger partial charge in [0.1, 0.15) is 0 Å². The zero-order chi connectivity index (χ0) is 20.1. The van der Waals surface area contributed by atoms with Gasteiger partial charge in [0, 0.05) is 26.9 Å².